The average Bonchev–Trinajstić information content (AvgIpc) is 2.96. The Kier molecular flexibility index (Phi) is 3.31. The number of hydrogen-bond acceptors (Lipinski definition) is 4. The molecular formula is C14H19N5. The van der Waals surface area contributed by atoms with E-state index in [4.69, 9.17) is 5.73 Å². The van der Waals surface area contributed by atoms with Crippen LogP contribution in [0.2, 0.25) is 0 Å². The van der Waals surface area contributed by atoms with Gasteiger partial charge in [-0.3, -0.25) is 0 Å². The van der Waals surface area contributed by atoms with Gasteiger partial charge >= 0.3 is 0 Å². The molecule has 2 unspecified atom stereocenters. The van der Waals surface area contributed by atoms with Gasteiger partial charge in [-0.1, -0.05) is 24.3 Å². The summed E-state index contributed by atoms with van der Waals surface area (Å²) < 4.78 is 1.95. The first-order valence-electron chi connectivity index (χ1n) is 6.66. The molecule has 1 heterocycles. The second-order valence-corrected chi connectivity index (χ2v) is 5.09. The number of rotatable bonds is 4. The van der Waals surface area contributed by atoms with Gasteiger partial charge in [-0.05, 0) is 17.5 Å². The molecule has 19 heavy (non-hydrogen) atoms. The third kappa shape index (κ3) is 2.39. The predicted molar refractivity (Wildman–Crippen MR) is 73.4 cm³/mol. The zero-order valence-electron chi connectivity index (χ0n) is 11.1. The van der Waals surface area contributed by atoms with Crippen LogP contribution in [0.4, 0.5) is 0 Å². The summed E-state index contributed by atoms with van der Waals surface area (Å²) in [6, 6.07) is 8.95. The van der Waals surface area contributed by atoms with Crippen molar-refractivity contribution in [3.05, 3.63) is 47.5 Å². The molecule has 1 aromatic carbocycles. The van der Waals surface area contributed by atoms with Gasteiger partial charge in [-0.15, -0.1) is 10.2 Å². The minimum absolute atomic E-state index is 0.156. The fraction of sp³-hybridized carbons (Fsp3) is 0.429. The van der Waals surface area contributed by atoms with E-state index < -0.39 is 0 Å². The molecule has 0 bridgehead atoms. The molecule has 0 amide bonds. The van der Waals surface area contributed by atoms with Crippen LogP contribution in [-0.4, -0.2) is 21.3 Å². The Balaban J connectivity index is 1.61. The second-order valence-electron chi connectivity index (χ2n) is 5.09. The largest absolute Gasteiger partial charge is 0.324 e. The molecule has 2 atom stereocenters. The molecule has 0 radical (unpaired) electrons. The van der Waals surface area contributed by atoms with E-state index in [1.54, 1.807) is 6.33 Å². The van der Waals surface area contributed by atoms with Crippen LogP contribution < -0.4 is 11.1 Å². The van der Waals surface area contributed by atoms with E-state index >= 15 is 0 Å². The van der Waals surface area contributed by atoms with E-state index in [0.717, 1.165) is 25.2 Å². The molecule has 1 aliphatic carbocycles. The number of hydrogen-bond donors (Lipinski definition) is 2. The minimum atomic E-state index is 0.156. The zero-order chi connectivity index (χ0) is 13.2. The smallest absolute Gasteiger partial charge is 0.133 e. The van der Waals surface area contributed by atoms with E-state index in [-0.39, 0.29) is 6.04 Å². The lowest BCUT2D eigenvalue weighted by atomic mass is 10.1. The third-order valence-electron chi connectivity index (χ3n) is 3.81. The van der Waals surface area contributed by atoms with E-state index in [1.807, 2.05) is 11.6 Å². The van der Waals surface area contributed by atoms with Gasteiger partial charge in [-0.2, -0.15) is 0 Å². The lowest BCUT2D eigenvalue weighted by Crippen LogP contribution is -2.23. The van der Waals surface area contributed by atoms with Gasteiger partial charge in [0.25, 0.3) is 0 Å². The Morgan fingerprint density at radius 3 is 2.89 bits per heavy atom. The summed E-state index contributed by atoms with van der Waals surface area (Å²) in [6.07, 6.45) is 3.58. The quantitative estimate of drug-likeness (QED) is 0.860. The molecule has 2 aromatic rings. The van der Waals surface area contributed by atoms with Crippen molar-refractivity contribution in [2.24, 2.45) is 12.8 Å². The van der Waals surface area contributed by atoms with Crippen LogP contribution >= 0.6 is 0 Å². The Bertz CT molecular complexity index is 562. The highest BCUT2D eigenvalue weighted by atomic mass is 15.2. The SMILES string of the molecule is Cn1cnnc1CCNC1CC(N)c2ccccc21. The molecular weight excluding hydrogens is 238 g/mol. The molecule has 3 rings (SSSR count). The van der Waals surface area contributed by atoms with Gasteiger partial charge in [0.05, 0.1) is 0 Å². The Morgan fingerprint density at radius 1 is 1.37 bits per heavy atom. The highest BCUT2D eigenvalue weighted by molar-refractivity contribution is 5.37. The zero-order valence-corrected chi connectivity index (χ0v) is 11.1. The first kappa shape index (κ1) is 12.3. The first-order valence-corrected chi connectivity index (χ1v) is 6.66. The minimum Gasteiger partial charge on any atom is -0.324 e. The summed E-state index contributed by atoms with van der Waals surface area (Å²) in [5.74, 6) is 1.00. The number of aromatic nitrogens is 3. The van der Waals surface area contributed by atoms with Crippen molar-refractivity contribution in [1.82, 2.24) is 20.1 Å². The van der Waals surface area contributed by atoms with Crippen LogP contribution in [0.25, 0.3) is 0 Å². The van der Waals surface area contributed by atoms with Crippen LogP contribution in [0.15, 0.2) is 30.6 Å². The molecule has 0 saturated heterocycles. The maximum atomic E-state index is 6.16. The molecule has 0 saturated carbocycles. The van der Waals surface area contributed by atoms with Gasteiger partial charge in [0.1, 0.15) is 12.2 Å². The molecule has 3 N–H and O–H groups in total. The fourth-order valence-corrected chi connectivity index (χ4v) is 2.76. The second kappa shape index (κ2) is 5.11. The number of nitrogens with one attached hydrogen (secondary N) is 1. The standard InChI is InChI=1S/C14H19N5/c1-19-9-17-18-14(19)6-7-16-13-8-12(15)10-4-2-3-5-11(10)13/h2-5,9,12-13,16H,6-8,15H2,1H3. The molecule has 1 aliphatic rings. The van der Waals surface area contributed by atoms with Crippen molar-refractivity contribution in [3.63, 3.8) is 0 Å². The van der Waals surface area contributed by atoms with E-state index in [1.165, 1.54) is 11.1 Å². The molecule has 100 valence electrons. The van der Waals surface area contributed by atoms with Gasteiger partial charge in [0, 0.05) is 32.1 Å². The maximum absolute atomic E-state index is 6.16. The van der Waals surface area contributed by atoms with E-state index in [0.29, 0.717) is 6.04 Å². The van der Waals surface area contributed by atoms with Crippen LogP contribution in [0.5, 0.6) is 0 Å². The van der Waals surface area contributed by atoms with Crippen LogP contribution in [0.3, 0.4) is 0 Å². The average molecular weight is 257 g/mol. The number of benzene rings is 1. The Labute approximate surface area is 112 Å². The van der Waals surface area contributed by atoms with Gasteiger partial charge < -0.3 is 15.6 Å². The lowest BCUT2D eigenvalue weighted by Gasteiger charge is -2.13. The van der Waals surface area contributed by atoms with Crippen molar-refractivity contribution < 1.29 is 0 Å². The van der Waals surface area contributed by atoms with Crippen LogP contribution in [-0.2, 0) is 13.5 Å². The molecule has 0 aliphatic heterocycles. The van der Waals surface area contributed by atoms with Crippen molar-refractivity contribution >= 4 is 0 Å². The van der Waals surface area contributed by atoms with Crippen molar-refractivity contribution in [2.75, 3.05) is 6.54 Å². The van der Waals surface area contributed by atoms with E-state index in [9.17, 15) is 0 Å². The van der Waals surface area contributed by atoms with Crippen molar-refractivity contribution in [1.29, 1.82) is 0 Å². The summed E-state index contributed by atoms with van der Waals surface area (Å²) in [5, 5.41) is 11.5. The molecule has 1 aromatic heterocycles. The van der Waals surface area contributed by atoms with Gasteiger partial charge in [-0.25, -0.2) is 0 Å². The summed E-state index contributed by atoms with van der Waals surface area (Å²) in [4.78, 5) is 0. The maximum Gasteiger partial charge on any atom is 0.133 e. The number of aryl methyl sites for hydroxylation is 1. The predicted octanol–water partition coefficient (Wildman–Crippen LogP) is 1.09. The Hall–Kier alpha value is -1.72. The molecule has 5 heteroatoms. The van der Waals surface area contributed by atoms with Gasteiger partial charge in [0.2, 0.25) is 0 Å². The van der Waals surface area contributed by atoms with Crippen molar-refractivity contribution in [2.45, 2.75) is 24.9 Å². The lowest BCUT2D eigenvalue weighted by molar-refractivity contribution is 0.497. The number of fused-ring (bicyclic) bond motifs is 1. The van der Waals surface area contributed by atoms with Crippen LogP contribution in [0.1, 0.15) is 35.5 Å². The summed E-state index contributed by atoms with van der Waals surface area (Å²) in [6.45, 7) is 0.887. The Morgan fingerprint density at radius 2 is 2.16 bits per heavy atom. The monoisotopic (exact) mass is 257 g/mol. The fourth-order valence-electron chi connectivity index (χ4n) is 2.76. The highest BCUT2D eigenvalue weighted by Gasteiger charge is 2.27. The third-order valence-corrected chi connectivity index (χ3v) is 3.81. The first-order chi connectivity index (χ1) is 9.25. The normalized spacial score (nSPS) is 21.6. The van der Waals surface area contributed by atoms with Crippen molar-refractivity contribution in [3.8, 4) is 0 Å². The highest BCUT2D eigenvalue weighted by Crippen LogP contribution is 2.36. The van der Waals surface area contributed by atoms with Crippen LogP contribution in [0, 0.1) is 0 Å². The summed E-state index contributed by atoms with van der Waals surface area (Å²) in [5.41, 5.74) is 8.78. The molecule has 5 nitrogen and oxygen atoms in total. The molecule has 0 fully saturated rings. The molecule has 0 spiro atoms. The van der Waals surface area contributed by atoms with E-state index in [2.05, 4.69) is 39.8 Å². The van der Waals surface area contributed by atoms with Gasteiger partial charge in [0.15, 0.2) is 0 Å². The number of nitrogens with two attached hydrogens (primary N) is 1. The summed E-state index contributed by atoms with van der Waals surface area (Å²) in [7, 11) is 1.97. The number of nitrogens with zero attached hydrogens (tertiary/aromatic N) is 3. The summed E-state index contributed by atoms with van der Waals surface area (Å²) >= 11 is 0. The topological polar surface area (TPSA) is 68.8 Å².